The maximum Gasteiger partial charge on any atom is 0.255 e. The third-order valence-corrected chi connectivity index (χ3v) is 6.45. The third kappa shape index (κ3) is 4.47. The van der Waals surface area contributed by atoms with Crippen LogP contribution in [0, 0.1) is 5.92 Å². The summed E-state index contributed by atoms with van der Waals surface area (Å²) in [5, 5.41) is 0. The molecule has 0 unspecified atom stereocenters. The molecular weight excluding hydrogens is 408 g/mol. The predicted molar refractivity (Wildman–Crippen MR) is 121 cm³/mol. The van der Waals surface area contributed by atoms with E-state index in [4.69, 9.17) is 19.2 Å². The molecule has 3 atom stereocenters. The molecule has 0 radical (unpaired) electrons. The number of aromatic amines is 1. The van der Waals surface area contributed by atoms with Crippen molar-refractivity contribution in [2.45, 2.75) is 52.4 Å². The van der Waals surface area contributed by atoms with Crippen molar-refractivity contribution < 1.29 is 14.2 Å². The summed E-state index contributed by atoms with van der Waals surface area (Å²) in [7, 11) is 0. The second-order valence-corrected chi connectivity index (χ2v) is 9.46. The van der Waals surface area contributed by atoms with E-state index >= 15 is 0 Å². The molecule has 172 valence electrons. The summed E-state index contributed by atoms with van der Waals surface area (Å²) in [6, 6.07) is 6.20. The van der Waals surface area contributed by atoms with Gasteiger partial charge >= 0.3 is 0 Å². The third-order valence-electron chi connectivity index (χ3n) is 6.45. The van der Waals surface area contributed by atoms with Crippen LogP contribution in [0.1, 0.15) is 37.6 Å². The van der Waals surface area contributed by atoms with E-state index in [1.54, 1.807) is 0 Å². The number of fused-ring (bicyclic) bond motifs is 2. The van der Waals surface area contributed by atoms with Gasteiger partial charge in [-0.15, -0.1) is 0 Å². The highest BCUT2D eigenvalue weighted by atomic mass is 16.7. The van der Waals surface area contributed by atoms with Gasteiger partial charge in [0.25, 0.3) is 5.56 Å². The molecule has 32 heavy (non-hydrogen) atoms. The minimum Gasteiger partial charge on any atom is -0.454 e. The number of H-pyrrole nitrogens is 1. The van der Waals surface area contributed by atoms with Gasteiger partial charge in [0.15, 0.2) is 11.5 Å². The number of aromatic nitrogens is 2. The SMILES string of the molecule is C[C@@H](Cc1ccc2c(c1)OCO2)CN1CCc2c(nc(N3C[C@@H](C)O[C@@H](C)C3)[nH]c2=O)C1. The zero-order chi connectivity index (χ0) is 22.2. The lowest BCUT2D eigenvalue weighted by Gasteiger charge is -2.36. The van der Waals surface area contributed by atoms with E-state index in [1.165, 1.54) is 5.56 Å². The molecule has 5 rings (SSSR count). The Morgan fingerprint density at radius 2 is 1.97 bits per heavy atom. The molecule has 0 spiro atoms. The first kappa shape index (κ1) is 21.3. The fourth-order valence-electron chi connectivity index (χ4n) is 5.11. The van der Waals surface area contributed by atoms with E-state index in [-0.39, 0.29) is 17.8 Å². The molecule has 8 heteroatoms. The van der Waals surface area contributed by atoms with Gasteiger partial charge in [0, 0.05) is 38.3 Å². The summed E-state index contributed by atoms with van der Waals surface area (Å²) < 4.78 is 16.8. The van der Waals surface area contributed by atoms with Crippen molar-refractivity contribution in [3.63, 3.8) is 0 Å². The lowest BCUT2D eigenvalue weighted by Crippen LogP contribution is -2.47. The van der Waals surface area contributed by atoms with Crippen molar-refractivity contribution in [2.75, 3.05) is 37.9 Å². The summed E-state index contributed by atoms with van der Waals surface area (Å²) in [6.45, 7) is 10.7. The molecule has 0 bridgehead atoms. The van der Waals surface area contributed by atoms with Crippen LogP contribution in [-0.2, 0) is 24.1 Å². The van der Waals surface area contributed by atoms with Crippen molar-refractivity contribution in [3.05, 3.63) is 45.4 Å². The maximum atomic E-state index is 12.8. The Labute approximate surface area is 188 Å². The Morgan fingerprint density at radius 3 is 2.78 bits per heavy atom. The average Bonchev–Trinajstić information content (AvgIpc) is 3.20. The van der Waals surface area contributed by atoms with Crippen LogP contribution in [0.3, 0.4) is 0 Å². The number of ether oxygens (including phenoxy) is 3. The second-order valence-electron chi connectivity index (χ2n) is 9.46. The molecule has 8 nitrogen and oxygen atoms in total. The molecule has 1 aromatic carbocycles. The van der Waals surface area contributed by atoms with Gasteiger partial charge in [0.2, 0.25) is 12.7 Å². The monoisotopic (exact) mass is 440 g/mol. The van der Waals surface area contributed by atoms with Gasteiger partial charge in [-0.25, -0.2) is 4.98 Å². The number of hydrogen-bond acceptors (Lipinski definition) is 7. The first-order valence-electron chi connectivity index (χ1n) is 11.6. The van der Waals surface area contributed by atoms with Crippen LogP contribution < -0.4 is 19.9 Å². The second kappa shape index (κ2) is 8.75. The van der Waals surface area contributed by atoms with Crippen LogP contribution in [-0.4, -0.2) is 60.0 Å². The molecule has 3 aliphatic heterocycles. The number of nitrogens with one attached hydrogen (secondary N) is 1. The number of hydrogen-bond donors (Lipinski definition) is 1. The van der Waals surface area contributed by atoms with Gasteiger partial charge in [-0.05, 0) is 50.3 Å². The lowest BCUT2D eigenvalue weighted by molar-refractivity contribution is -0.00576. The fourth-order valence-corrected chi connectivity index (χ4v) is 5.11. The zero-order valence-electron chi connectivity index (χ0n) is 19.1. The first-order valence-corrected chi connectivity index (χ1v) is 11.6. The van der Waals surface area contributed by atoms with E-state index in [9.17, 15) is 4.79 Å². The molecule has 1 fully saturated rings. The van der Waals surface area contributed by atoms with Crippen LogP contribution in [0.2, 0.25) is 0 Å². The Morgan fingerprint density at radius 1 is 1.19 bits per heavy atom. The van der Waals surface area contributed by atoms with Crippen LogP contribution in [0.5, 0.6) is 11.5 Å². The van der Waals surface area contributed by atoms with E-state index < -0.39 is 0 Å². The Kier molecular flexibility index (Phi) is 5.82. The highest BCUT2D eigenvalue weighted by Crippen LogP contribution is 2.33. The highest BCUT2D eigenvalue weighted by molar-refractivity contribution is 5.44. The molecule has 1 aromatic heterocycles. The predicted octanol–water partition coefficient (Wildman–Crippen LogP) is 2.35. The van der Waals surface area contributed by atoms with Gasteiger partial charge in [-0.1, -0.05) is 13.0 Å². The minimum atomic E-state index is 0.00450. The van der Waals surface area contributed by atoms with E-state index in [2.05, 4.69) is 47.7 Å². The Hall–Kier alpha value is -2.58. The van der Waals surface area contributed by atoms with Gasteiger partial charge in [0.05, 0.1) is 17.9 Å². The molecule has 2 aromatic rings. The van der Waals surface area contributed by atoms with Crippen molar-refractivity contribution in [1.82, 2.24) is 14.9 Å². The standard InChI is InChI=1S/C24H32N4O4/c1-15(8-18-4-5-21-22(9-18)31-14-30-21)10-27-7-6-19-20(13-27)25-24(26-23(19)29)28-11-16(2)32-17(3)12-28/h4-5,9,15-17H,6-8,10-14H2,1-3H3,(H,25,26,29)/t15-,16-,17+/m0/s1. The zero-order valence-corrected chi connectivity index (χ0v) is 19.1. The number of nitrogens with zero attached hydrogens (tertiary/aromatic N) is 3. The van der Waals surface area contributed by atoms with Crippen LogP contribution in [0.25, 0.3) is 0 Å². The van der Waals surface area contributed by atoms with E-state index in [0.29, 0.717) is 25.2 Å². The van der Waals surface area contributed by atoms with E-state index in [1.807, 2.05) is 6.07 Å². The highest BCUT2D eigenvalue weighted by Gasteiger charge is 2.27. The summed E-state index contributed by atoms with van der Waals surface area (Å²) in [6.07, 6.45) is 1.95. The van der Waals surface area contributed by atoms with Crippen molar-refractivity contribution in [1.29, 1.82) is 0 Å². The molecular formula is C24H32N4O4. The molecule has 1 N–H and O–H groups in total. The quantitative estimate of drug-likeness (QED) is 0.765. The van der Waals surface area contributed by atoms with Crippen LogP contribution in [0.15, 0.2) is 23.0 Å². The van der Waals surface area contributed by atoms with Crippen LogP contribution >= 0.6 is 0 Å². The minimum absolute atomic E-state index is 0.00450. The smallest absolute Gasteiger partial charge is 0.255 e. The van der Waals surface area contributed by atoms with Gasteiger partial charge in [-0.2, -0.15) is 0 Å². The molecule has 0 saturated carbocycles. The topological polar surface area (TPSA) is 79.9 Å². The molecule has 4 heterocycles. The number of benzene rings is 1. The van der Waals surface area contributed by atoms with Gasteiger partial charge < -0.3 is 19.1 Å². The van der Waals surface area contributed by atoms with Crippen molar-refractivity contribution in [3.8, 4) is 11.5 Å². The summed E-state index contributed by atoms with van der Waals surface area (Å²) in [5.41, 5.74) is 3.01. The number of rotatable bonds is 5. The number of anilines is 1. The van der Waals surface area contributed by atoms with Crippen LogP contribution in [0.4, 0.5) is 5.95 Å². The normalized spacial score (nSPS) is 23.8. The lowest BCUT2D eigenvalue weighted by atomic mass is 9.98. The molecule has 3 aliphatic rings. The molecule has 0 amide bonds. The Bertz CT molecular complexity index is 1030. The average molecular weight is 441 g/mol. The fraction of sp³-hybridized carbons (Fsp3) is 0.583. The van der Waals surface area contributed by atoms with E-state index in [0.717, 1.165) is 61.8 Å². The van der Waals surface area contributed by atoms with Crippen molar-refractivity contribution >= 4 is 5.95 Å². The summed E-state index contributed by atoms with van der Waals surface area (Å²) >= 11 is 0. The summed E-state index contributed by atoms with van der Waals surface area (Å²) in [4.78, 5) is 25.2. The van der Waals surface area contributed by atoms with Crippen molar-refractivity contribution in [2.24, 2.45) is 5.92 Å². The molecule has 1 saturated heterocycles. The Balaban J connectivity index is 1.25. The number of morpholine rings is 1. The molecule has 0 aliphatic carbocycles. The summed E-state index contributed by atoms with van der Waals surface area (Å²) in [5.74, 6) is 2.81. The largest absolute Gasteiger partial charge is 0.454 e. The maximum absolute atomic E-state index is 12.8. The van der Waals surface area contributed by atoms with Gasteiger partial charge in [0.1, 0.15) is 0 Å². The first-order chi connectivity index (χ1) is 15.4. The van der Waals surface area contributed by atoms with Gasteiger partial charge in [-0.3, -0.25) is 14.7 Å².